The van der Waals surface area contributed by atoms with Crippen LogP contribution in [0.2, 0.25) is 0 Å². The van der Waals surface area contributed by atoms with E-state index in [1.807, 2.05) is 43.1 Å². The van der Waals surface area contributed by atoms with Crippen molar-refractivity contribution < 1.29 is 27.2 Å². The van der Waals surface area contributed by atoms with Gasteiger partial charge < -0.3 is 19.1 Å². The Morgan fingerprint density at radius 3 is 2.54 bits per heavy atom. The van der Waals surface area contributed by atoms with Crippen molar-refractivity contribution in [3.63, 3.8) is 0 Å². The molecule has 13 heteroatoms. The molecule has 0 bridgehead atoms. The summed E-state index contributed by atoms with van der Waals surface area (Å²) < 4.78 is 48.7. The molecule has 4 aromatic rings. The van der Waals surface area contributed by atoms with Crippen molar-refractivity contribution in [2.45, 2.75) is 19.8 Å². The molecular formula is C26H26ClF3N6O3. The fraction of sp³-hybridized carbons (Fsp3) is 0.308. The summed E-state index contributed by atoms with van der Waals surface area (Å²) in [6.07, 6.45) is -4.80. The second-order valence-corrected chi connectivity index (χ2v) is 9.12. The molecule has 1 aliphatic heterocycles. The van der Waals surface area contributed by atoms with Crippen LogP contribution in [0.1, 0.15) is 21.6 Å². The van der Waals surface area contributed by atoms with Gasteiger partial charge in [0.25, 0.3) is 11.8 Å². The Balaban J connectivity index is 0.00000353. The molecule has 3 heterocycles. The summed E-state index contributed by atoms with van der Waals surface area (Å²) in [5.41, 5.74) is 3.11. The monoisotopic (exact) mass is 562 g/mol. The van der Waals surface area contributed by atoms with Crippen LogP contribution >= 0.6 is 12.4 Å². The zero-order chi connectivity index (χ0) is 26.9. The topological polar surface area (TPSA) is 89.5 Å². The molecule has 0 unspecified atom stereocenters. The summed E-state index contributed by atoms with van der Waals surface area (Å²) in [6.45, 7) is 5.41. The fourth-order valence-corrected chi connectivity index (χ4v) is 4.22. The van der Waals surface area contributed by atoms with Gasteiger partial charge in [0.05, 0.1) is 6.54 Å². The number of aromatic nitrogens is 4. The first-order valence-corrected chi connectivity index (χ1v) is 12.0. The Kier molecular flexibility index (Phi) is 8.26. The SMILES string of the molecule is Cc1cc(-c2nc(-c3cccc(OC(F)(F)F)c3)no2)nn1Cc1cccc(C(=O)N2CCN(C)CC2)c1.Cl. The first-order valence-electron chi connectivity index (χ1n) is 12.0. The lowest BCUT2D eigenvalue weighted by Crippen LogP contribution is -2.47. The summed E-state index contributed by atoms with van der Waals surface area (Å²) in [7, 11) is 2.04. The number of piperazine rings is 1. The summed E-state index contributed by atoms with van der Waals surface area (Å²) in [5, 5.41) is 8.45. The first kappa shape index (κ1) is 28.1. The second kappa shape index (κ2) is 11.5. The van der Waals surface area contributed by atoms with E-state index in [2.05, 4.69) is 24.9 Å². The molecule has 1 fully saturated rings. The van der Waals surface area contributed by atoms with Crippen molar-refractivity contribution >= 4 is 18.3 Å². The number of halogens is 4. The van der Waals surface area contributed by atoms with Crippen LogP contribution in [0.15, 0.2) is 59.1 Å². The predicted octanol–water partition coefficient (Wildman–Crippen LogP) is 4.66. The van der Waals surface area contributed by atoms with Crippen LogP contribution in [0.4, 0.5) is 13.2 Å². The lowest BCUT2D eigenvalue weighted by Gasteiger charge is -2.32. The van der Waals surface area contributed by atoms with Gasteiger partial charge in [-0.15, -0.1) is 25.6 Å². The molecule has 1 saturated heterocycles. The van der Waals surface area contributed by atoms with E-state index in [4.69, 9.17) is 4.52 Å². The highest BCUT2D eigenvalue weighted by Gasteiger charge is 2.31. The molecule has 5 rings (SSSR count). The third kappa shape index (κ3) is 6.76. The third-order valence-electron chi connectivity index (χ3n) is 6.25. The van der Waals surface area contributed by atoms with Gasteiger partial charge in [0.2, 0.25) is 5.82 Å². The number of rotatable bonds is 6. The van der Waals surface area contributed by atoms with E-state index in [1.54, 1.807) is 16.8 Å². The summed E-state index contributed by atoms with van der Waals surface area (Å²) in [4.78, 5) is 21.3. The molecule has 206 valence electrons. The van der Waals surface area contributed by atoms with Crippen LogP contribution in [0, 0.1) is 6.92 Å². The molecular weight excluding hydrogens is 537 g/mol. The van der Waals surface area contributed by atoms with Gasteiger partial charge in [0.1, 0.15) is 5.75 Å². The number of benzene rings is 2. The molecule has 9 nitrogen and oxygen atoms in total. The van der Waals surface area contributed by atoms with E-state index < -0.39 is 6.36 Å². The molecule has 1 amide bonds. The van der Waals surface area contributed by atoms with E-state index >= 15 is 0 Å². The van der Waals surface area contributed by atoms with E-state index in [1.165, 1.54) is 18.2 Å². The minimum Gasteiger partial charge on any atom is -0.406 e. The maximum atomic E-state index is 13.0. The lowest BCUT2D eigenvalue weighted by atomic mass is 10.1. The number of nitrogens with zero attached hydrogens (tertiary/aromatic N) is 6. The Labute approximate surface area is 228 Å². The molecule has 1 aliphatic rings. The number of carbonyl (C=O) groups excluding carboxylic acids is 1. The normalized spacial score (nSPS) is 14.2. The Morgan fingerprint density at radius 1 is 1.05 bits per heavy atom. The maximum Gasteiger partial charge on any atom is 0.573 e. The average molecular weight is 563 g/mol. The average Bonchev–Trinajstić information content (AvgIpc) is 3.51. The van der Waals surface area contributed by atoms with Crippen LogP contribution in [0.25, 0.3) is 23.0 Å². The van der Waals surface area contributed by atoms with Gasteiger partial charge in [-0.3, -0.25) is 9.48 Å². The van der Waals surface area contributed by atoms with Crippen molar-refractivity contribution in [1.29, 1.82) is 0 Å². The zero-order valence-corrected chi connectivity index (χ0v) is 22.0. The van der Waals surface area contributed by atoms with Crippen LogP contribution in [0.5, 0.6) is 5.75 Å². The molecule has 0 saturated carbocycles. The molecule has 2 aromatic heterocycles. The van der Waals surface area contributed by atoms with Crippen molar-refractivity contribution in [2.75, 3.05) is 33.2 Å². The number of ether oxygens (including phenoxy) is 1. The molecule has 2 aromatic carbocycles. The van der Waals surface area contributed by atoms with Crippen LogP contribution < -0.4 is 4.74 Å². The van der Waals surface area contributed by atoms with Crippen LogP contribution in [-0.4, -0.2) is 75.2 Å². The number of carbonyl (C=O) groups is 1. The zero-order valence-electron chi connectivity index (χ0n) is 21.2. The summed E-state index contributed by atoms with van der Waals surface area (Å²) in [5.74, 6) is -0.131. The standard InChI is InChI=1S/C26H25F3N6O3.ClH/c1-17-13-22(24-30-23(32-38-24)19-6-4-8-21(15-19)37-26(27,28)29)31-35(17)16-18-5-3-7-20(14-18)25(36)34-11-9-33(2)10-12-34;/h3-8,13-15H,9-12,16H2,1-2H3;1H. The molecule has 0 N–H and O–H groups in total. The van der Waals surface area contributed by atoms with Gasteiger partial charge in [-0.25, -0.2) is 0 Å². The van der Waals surface area contributed by atoms with E-state index in [0.717, 1.165) is 24.3 Å². The minimum absolute atomic E-state index is 0. The Hall–Kier alpha value is -3.90. The number of alkyl halides is 3. The lowest BCUT2D eigenvalue weighted by molar-refractivity contribution is -0.274. The smallest absolute Gasteiger partial charge is 0.406 e. The van der Waals surface area contributed by atoms with Gasteiger partial charge in [-0.1, -0.05) is 29.4 Å². The number of hydrogen-bond acceptors (Lipinski definition) is 7. The van der Waals surface area contributed by atoms with Crippen molar-refractivity contribution in [3.05, 3.63) is 71.4 Å². The van der Waals surface area contributed by atoms with E-state index in [0.29, 0.717) is 36.5 Å². The third-order valence-corrected chi connectivity index (χ3v) is 6.25. The number of amides is 1. The largest absolute Gasteiger partial charge is 0.573 e. The molecule has 39 heavy (non-hydrogen) atoms. The Morgan fingerprint density at radius 2 is 1.79 bits per heavy atom. The first-order chi connectivity index (χ1) is 18.1. The second-order valence-electron chi connectivity index (χ2n) is 9.12. The van der Waals surface area contributed by atoms with E-state index in [9.17, 15) is 18.0 Å². The molecule has 0 atom stereocenters. The van der Waals surface area contributed by atoms with Crippen molar-refractivity contribution in [3.8, 4) is 28.7 Å². The van der Waals surface area contributed by atoms with Gasteiger partial charge in [0, 0.05) is 43.0 Å². The van der Waals surface area contributed by atoms with Crippen molar-refractivity contribution in [1.82, 2.24) is 29.7 Å². The van der Waals surface area contributed by atoms with Gasteiger partial charge in [-0.05, 0) is 49.9 Å². The minimum atomic E-state index is -4.80. The quantitative estimate of drug-likeness (QED) is 0.337. The van der Waals surface area contributed by atoms with Gasteiger partial charge in [-0.2, -0.15) is 10.1 Å². The number of likely N-dealkylation sites (N-methyl/N-ethyl adjacent to an activating group) is 1. The predicted molar refractivity (Wildman–Crippen MR) is 139 cm³/mol. The number of hydrogen-bond donors (Lipinski definition) is 0. The van der Waals surface area contributed by atoms with E-state index in [-0.39, 0.29) is 35.8 Å². The molecule has 0 radical (unpaired) electrons. The van der Waals surface area contributed by atoms with Crippen molar-refractivity contribution in [2.24, 2.45) is 0 Å². The maximum absolute atomic E-state index is 13.0. The summed E-state index contributed by atoms with van der Waals surface area (Å²) in [6, 6.07) is 14.6. The fourth-order valence-electron chi connectivity index (χ4n) is 4.22. The highest BCUT2D eigenvalue weighted by atomic mass is 35.5. The highest BCUT2D eigenvalue weighted by Crippen LogP contribution is 2.28. The Bertz CT molecular complexity index is 1450. The number of aryl methyl sites for hydroxylation is 1. The molecule has 0 spiro atoms. The molecule has 0 aliphatic carbocycles. The van der Waals surface area contributed by atoms with Crippen LogP contribution in [0.3, 0.4) is 0 Å². The highest BCUT2D eigenvalue weighted by molar-refractivity contribution is 5.94. The summed E-state index contributed by atoms with van der Waals surface area (Å²) >= 11 is 0. The van der Waals surface area contributed by atoms with Crippen LogP contribution in [-0.2, 0) is 6.54 Å². The van der Waals surface area contributed by atoms with Gasteiger partial charge in [0.15, 0.2) is 5.69 Å². The van der Waals surface area contributed by atoms with Gasteiger partial charge >= 0.3 is 6.36 Å².